The number of alkyl halides is 3. The van der Waals surface area contributed by atoms with Gasteiger partial charge in [0.25, 0.3) is 0 Å². The predicted octanol–water partition coefficient (Wildman–Crippen LogP) is 2.38. The zero-order chi connectivity index (χ0) is 12.3. The van der Waals surface area contributed by atoms with E-state index >= 15 is 0 Å². The Morgan fingerprint density at radius 2 is 1.82 bits per heavy atom. The maximum atomic E-state index is 12.6. The third kappa shape index (κ3) is 3.98. The lowest BCUT2D eigenvalue weighted by atomic mass is 9.98. The van der Waals surface area contributed by atoms with Crippen LogP contribution < -0.4 is 5.32 Å². The highest BCUT2D eigenvalue weighted by Gasteiger charge is 2.40. The molecule has 1 aromatic carbocycles. The topological polar surface area (TPSA) is 52.5 Å². The van der Waals surface area contributed by atoms with Crippen LogP contribution in [0.5, 0.6) is 11.5 Å². The number of phenolic OH excluding ortho intramolecular Hbond substituents is 2. The number of hydrogen-bond donors (Lipinski definition) is 3. The number of likely N-dealkylation sites (N-methyl/N-ethyl adjacent to an activating group) is 1. The summed E-state index contributed by atoms with van der Waals surface area (Å²) in [6.07, 6.45) is -4.40. The fraction of sp³-hybridized carbons (Fsp3) is 0.400. The van der Waals surface area contributed by atoms with Crippen LogP contribution in [0.3, 0.4) is 0 Å². The lowest BCUT2D eigenvalue weighted by molar-refractivity contribution is -0.149. The van der Waals surface area contributed by atoms with Crippen LogP contribution in [0, 0.1) is 0 Å². The minimum absolute atomic E-state index is 0. The van der Waals surface area contributed by atoms with Crippen LogP contribution in [0.2, 0.25) is 0 Å². The van der Waals surface area contributed by atoms with Crippen molar-refractivity contribution in [1.29, 1.82) is 0 Å². The quantitative estimate of drug-likeness (QED) is 0.740. The number of aromatic hydroxyl groups is 2. The van der Waals surface area contributed by atoms with Gasteiger partial charge in [-0.05, 0) is 24.7 Å². The van der Waals surface area contributed by atoms with Gasteiger partial charge in [-0.1, -0.05) is 6.07 Å². The van der Waals surface area contributed by atoms with Gasteiger partial charge in [0.1, 0.15) is 0 Å². The van der Waals surface area contributed by atoms with Crippen molar-refractivity contribution in [3.63, 3.8) is 0 Å². The highest BCUT2D eigenvalue weighted by molar-refractivity contribution is 5.85. The summed E-state index contributed by atoms with van der Waals surface area (Å²) in [4.78, 5) is 0. The standard InChI is InChI=1S/C10H12F3NO2.ClH/c1-14-5-7(10(11,12)13)6-2-3-8(15)9(16)4-6;/h2-4,7,14-16H,5H2,1H3;1H. The van der Waals surface area contributed by atoms with E-state index in [0.29, 0.717) is 0 Å². The van der Waals surface area contributed by atoms with Gasteiger partial charge in [-0.2, -0.15) is 13.2 Å². The summed E-state index contributed by atoms with van der Waals surface area (Å²) in [5, 5.41) is 20.6. The summed E-state index contributed by atoms with van der Waals surface area (Å²) in [6.45, 7) is -0.284. The SMILES string of the molecule is CNCC(c1ccc(O)c(O)c1)C(F)(F)F.Cl. The molecule has 1 aromatic rings. The molecule has 0 saturated heterocycles. The fourth-order valence-corrected chi connectivity index (χ4v) is 1.38. The van der Waals surface area contributed by atoms with Crippen LogP contribution >= 0.6 is 12.4 Å². The van der Waals surface area contributed by atoms with Crippen LogP contribution in [0.1, 0.15) is 11.5 Å². The molecule has 0 amide bonds. The molecule has 0 aliphatic carbocycles. The summed E-state index contributed by atoms with van der Waals surface area (Å²) < 4.78 is 37.9. The second-order valence-electron chi connectivity index (χ2n) is 3.40. The summed E-state index contributed by atoms with van der Waals surface area (Å²) in [6, 6.07) is 3.11. The normalized spacial score (nSPS) is 12.9. The monoisotopic (exact) mass is 271 g/mol. The molecule has 1 rings (SSSR count). The second-order valence-corrected chi connectivity index (χ2v) is 3.40. The molecule has 0 saturated carbocycles. The molecule has 98 valence electrons. The van der Waals surface area contributed by atoms with Crippen molar-refractivity contribution in [1.82, 2.24) is 5.32 Å². The van der Waals surface area contributed by atoms with Gasteiger partial charge in [-0.25, -0.2) is 0 Å². The Bertz CT molecular complexity index is 371. The van der Waals surface area contributed by atoms with Gasteiger partial charge in [0.2, 0.25) is 0 Å². The summed E-state index contributed by atoms with van der Waals surface area (Å²) in [5.41, 5.74) is -0.0860. The van der Waals surface area contributed by atoms with Gasteiger partial charge < -0.3 is 15.5 Å². The zero-order valence-corrected chi connectivity index (χ0v) is 9.77. The minimum atomic E-state index is -4.40. The molecule has 0 aromatic heterocycles. The molecule has 0 fully saturated rings. The number of benzene rings is 1. The van der Waals surface area contributed by atoms with Gasteiger partial charge in [-0.15, -0.1) is 12.4 Å². The van der Waals surface area contributed by atoms with Crippen molar-refractivity contribution in [2.24, 2.45) is 0 Å². The average molecular weight is 272 g/mol. The third-order valence-electron chi connectivity index (χ3n) is 2.21. The van der Waals surface area contributed by atoms with Crippen molar-refractivity contribution in [3.8, 4) is 11.5 Å². The Balaban J connectivity index is 0.00000256. The summed E-state index contributed by atoms with van der Waals surface area (Å²) in [5.74, 6) is -2.69. The zero-order valence-electron chi connectivity index (χ0n) is 8.95. The second kappa shape index (κ2) is 5.97. The van der Waals surface area contributed by atoms with E-state index in [1.54, 1.807) is 0 Å². The molecule has 1 atom stereocenters. The number of rotatable bonds is 3. The Kier molecular flexibility index (Phi) is 5.57. The molecule has 1 unspecified atom stereocenters. The number of phenols is 2. The van der Waals surface area contributed by atoms with E-state index in [1.165, 1.54) is 7.05 Å². The lowest BCUT2D eigenvalue weighted by Crippen LogP contribution is -2.29. The molecule has 0 aliphatic rings. The lowest BCUT2D eigenvalue weighted by Gasteiger charge is -2.20. The highest BCUT2D eigenvalue weighted by atomic mass is 35.5. The first-order chi connectivity index (χ1) is 7.36. The molecule has 3 N–H and O–H groups in total. The maximum absolute atomic E-state index is 12.6. The smallest absolute Gasteiger partial charge is 0.396 e. The Morgan fingerprint density at radius 3 is 2.24 bits per heavy atom. The van der Waals surface area contributed by atoms with Gasteiger partial charge in [-0.3, -0.25) is 0 Å². The molecule has 0 spiro atoms. The van der Waals surface area contributed by atoms with Crippen LogP contribution in [-0.2, 0) is 0 Å². The van der Waals surface area contributed by atoms with Crippen molar-refractivity contribution < 1.29 is 23.4 Å². The van der Waals surface area contributed by atoms with E-state index in [0.717, 1.165) is 18.2 Å². The average Bonchev–Trinajstić information content (AvgIpc) is 2.17. The van der Waals surface area contributed by atoms with E-state index in [-0.39, 0.29) is 24.5 Å². The summed E-state index contributed by atoms with van der Waals surface area (Å²) in [7, 11) is 1.42. The highest BCUT2D eigenvalue weighted by Crippen LogP contribution is 2.37. The molecular weight excluding hydrogens is 259 g/mol. The Morgan fingerprint density at radius 1 is 1.24 bits per heavy atom. The van der Waals surface area contributed by atoms with Gasteiger partial charge >= 0.3 is 6.18 Å². The first-order valence-corrected chi connectivity index (χ1v) is 4.59. The van der Waals surface area contributed by atoms with Gasteiger partial charge in [0.15, 0.2) is 11.5 Å². The molecule has 0 bridgehead atoms. The first-order valence-electron chi connectivity index (χ1n) is 4.59. The first kappa shape index (κ1) is 15.9. The molecule has 0 radical (unpaired) electrons. The Labute approximate surface area is 103 Å². The van der Waals surface area contributed by atoms with E-state index in [4.69, 9.17) is 10.2 Å². The van der Waals surface area contributed by atoms with Gasteiger partial charge in [0.05, 0.1) is 5.92 Å². The van der Waals surface area contributed by atoms with E-state index < -0.39 is 23.6 Å². The molecule has 0 aliphatic heterocycles. The van der Waals surface area contributed by atoms with Crippen LogP contribution in [0.25, 0.3) is 0 Å². The molecule has 3 nitrogen and oxygen atoms in total. The summed E-state index contributed by atoms with van der Waals surface area (Å²) >= 11 is 0. The van der Waals surface area contributed by atoms with Crippen LogP contribution in [-0.4, -0.2) is 30.0 Å². The van der Waals surface area contributed by atoms with Crippen molar-refractivity contribution in [3.05, 3.63) is 23.8 Å². The van der Waals surface area contributed by atoms with E-state index in [2.05, 4.69) is 5.32 Å². The number of halogens is 4. The largest absolute Gasteiger partial charge is 0.504 e. The number of hydrogen-bond acceptors (Lipinski definition) is 3. The maximum Gasteiger partial charge on any atom is 0.396 e. The van der Waals surface area contributed by atoms with E-state index in [1.807, 2.05) is 0 Å². The van der Waals surface area contributed by atoms with Crippen molar-refractivity contribution >= 4 is 12.4 Å². The van der Waals surface area contributed by atoms with Crippen LogP contribution in [0.4, 0.5) is 13.2 Å². The third-order valence-corrected chi connectivity index (χ3v) is 2.21. The van der Waals surface area contributed by atoms with Crippen molar-refractivity contribution in [2.75, 3.05) is 13.6 Å². The van der Waals surface area contributed by atoms with E-state index in [9.17, 15) is 13.2 Å². The Hall–Kier alpha value is -1.14. The van der Waals surface area contributed by atoms with Gasteiger partial charge in [0, 0.05) is 6.54 Å². The molecule has 7 heteroatoms. The van der Waals surface area contributed by atoms with Crippen LogP contribution in [0.15, 0.2) is 18.2 Å². The predicted molar refractivity (Wildman–Crippen MR) is 59.7 cm³/mol. The van der Waals surface area contributed by atoms with Crippen molar-refractivity contribution in [2.45, 2.75) is 12.1 Å². The number of nitrogens with one attached hydrogen (secondary N) is 1. The minimum Gasteiger partial charge on any atom is -0.504 e. The molecular formula is C10H13ClF3NO2. The fourth-order valence-electron chi connectivity index (χ4n) is 1.38. The molecule has 0 heterocycles. The molecule has 17 heavy (non-hydrogen) atoms.